The lowest BCUT2D eigenvalue weighted by molar-refractivity contribution is 0.0697. The zero-order chi connectivity index (χ0) is 15.0. The van der Waals surface area contributed by atoms with E-state index in [1.54, 1.807) is 0 Å². The maximum Gasteiger partial charge on any atom is 0.339 e. The largest absolute Gasteiger partial charge is 0.478 e. The van der Waals surface area contributed by atoms with E-state index in [0.717, 1.165) is 37.8 Å². The minimum Gasteiger partial charge on any atom is -0.478 e. The van der Waals surface area contributed by atoms with Gasteiger partial charge in [-0.05, 0) is 25.0 Å². The standard InChI is InChI=1S/C15H14F2N2O2/c16-11-6-3-7-12(17)13(11)14-10(15(20)21)8-19(18-14)9-4-1-2-5-9/h3,6-9H,1-2,4-5H2,(H,20,21). The molecule has 6 heteroatoms. The van der Waals surface area contributed by atoms with E-state index in [1.165, 1.54) is 16.9 Å². The molecule has 0 unspecified atom stereocenters. The average Bonchev–Trinajstić information content (AvgIpc) is 3.07. The van der Waals surface area contributed by atoms with Crippen molar-refractivity contribution in [3.05, 3.63) is 41.6 Å². The molecule has 0 radical (unpaired) electrons. The maximum absolute atomic E-state index is 13.9. The highest BCUT2D eigenvalue weighted by Gasteiger charge is 2.26. The number of rotatable bonds is 3. The monoisotopic (exact) mass is 292 g/mol. The average molecular weight is 292 g/mol. The highest BCUT2D eigenvalue weighted by molar-refractivity contribution is 5.94. The molecular weight excluding hydrogens is 278 g/mol. The molecule has 110 valence electrons. The van der Waals surface area contributed by atoms with Gasteiger partial charge in [0.2, 0.25) is 0 Å². The predicted octanol–water partition coefficient (Wildman–Crippen LogP) is 3.64. The predicted molar refractivity (Wildman–Crippen MR) is 72.0 cm³/mol. The van der Waals surface area contributed by atoms with Gasteiger partial charge < -0.3 is 5.11 Å². The summed E-state index contributed by atoms with van der Waals surface area (Å²) in [7, 11) is 0. The van der Waals surface area contributed by atoms with E-state index in [1.807, 2.05) is 0 Å². The number of aromatic carboxylic acids is 1. The van der Waals surface area contributed by atoms with Crippen LogP contribution in [0.1, 0.15) is 42.1 Å². The number of carboxylic acid groups (broad SMARTS) is 1. The van der Waals surface area contributed by atoms with Crippen LogP contribution >= 0.6 is 0 Å². The van der Waals surface area contributed by atoms with Crippen LogP contribution in [0.2, 0.25) is 0 Å². The molecule has 1 aromatic carbocycles. The van der Waals surface area contributed by atoms with Crippen LogP contribution in [0.3, 0.4) is 0 Å². The number of hydrogen-bond acceptors (Lipinski definition) is 2. The van der Waals surface area contributed by atoms with Crippen LogP contribution in [-0.2, 0) is 0 Å². The Balaban J connectivity index is 2.14. The first-order chi connectivity index (χ1) is 10.1. The lowest BCUT2D eigenvalue weighted by Crippen LogP contribution is -2.05. The highest BCUT2D eigenvalue weighted by Crippen LogP contribution is 2.33. The van der Waals surface area contributed by atoms with Crippen molar-refractivity contribution < 1.29 is 18.7 Å². The van der Waals surface area contributed by atoms with E-state index in [0.29, 0.717) is 0 Å². The van der Waals surface area contributed by atoms with E-state index in [2.05, 4.69) is 5.10 Å². The van der Waals surface area contributed by atoms with Crippen LogP contribution < -0.4 is 0 Å². The van der Waals surface area contributed by atoms with Gasteiger partial charge in [-0.25, -0.2) is 13.6 Å². The molecule has 0 aliphatic heterocycles. The summed E-state index contributed by atoms with van der Waals surface area (Å²) in [5, 5.41) is 13.4. The van der Waals surface area contributed by atoms with Crippen LogP contribution in [0.5, 0.6) is 0 Å². The van der Waals surface area contributed by atoms with Crippen molar-refractivity contribution in [2.45, 2.75) is 31.7 Å². The molecule has 0 saturated heterocycles. The van der Waals surface area contributed by atoms with Crippen molar-refractivity contribution in [1.82, 2.24) is 9.78 Å². The first kappa shape index (κ1) is 13.7. The van der Waals surface area contributed by atoms with Gasteiger partial charge in [-0.15, -0.1) is 0 Å². The number of carbonyl (C=O) groups is 1. The maximum atomic E-state index is 13.9. The van der Waals surface area contributed by atoms with Crippen LogP contribution in [-0.4, -0.2) is 20.9 Å². The van der Waals surface area contributed by atoms with E-state index in [4.69, 9.17) is 0 Å². The van der Waals surface area contributed by atoms with Gasteiger partial charge in [-0.1, -0.05) is 18.9 Å². The van der Waals surface area contributed by atoms with Crippen LogP contribution in [0.15, 0.2) is 24.4 Å². The molecule has 1 aliphatic carbocycles. The second kappa shape index (κ2) is 5.27. The number of aromatic nitrogens is 2. The molecule has 3 rings (SSSR count). The number of hydrogen-bond donors (Lipinski definition) is 1. The second-order valence-corrected chi connectivity index (χ2v) is 5.21. The topological polar surface area (TPSA) is 55.1 Å². The minimum atomic E-state index is -1.24. The smallest absolute Gasteiger partial charge is 0.339 e. The molecule has 21 heavy (non-hydrogen) atoms. The van der Waals surface area contributed by atoms with Gasteiger partial charge in [-0.3, -0.25) is 4.68 Å². The first-order valence-corrected chi connectivity index (χ1v) is 6.84. The normalized spacial score (nSPS) is 15.5. The van der Waals surface area contributed by atoms with E-state index in [9.17, 15) is 18.7 Å². The van der Waals surface area contributed by atoms with Gasteiger partial charge in [0.1, 0.15) is 22.9 Å². The van der Waals surface area contributed by atoms with Crippen molar-refractivity contribution in [2.24, 2.45) is 0 Å². The Labute approximate surface area is 120 Å². The summed E-state index contributed by atoms with van der Waals surface area (Å²) in [4.78, 5) is 11.3. The molecule has 1 aliphatic rings. The number of halogens is 2. The molecule has 0 atom stereocenters. The van der Waals surface area contributed by atoms with E-state index < -0.39 is 17.6 Å². The van der Waals surface area contributed by atoms with Crippen LogP contribution in [0, 0.1) is 11.6 Å². The fraction of sp³-hybridized carbons (Fsp3) is 0.333. The SMILES string of the molecule is O=C(O)c1cn(C2CCCC2)nc1-c1c(F)cccc1F. The lowest BCUT2D eigenvalue weighted by Gasteiger charge is -2.08. The second-order valence-electron chi connectivity index (χ2n) is 5.21. The lowest BCUT2D eigenvalue weighted by atomic mass is 10.1. The molecule has 1 N–H and O–H groups in total. The Kier molecular flexibility index (Phi) is 3.45. The van der Waals surface area contributed by atoms with E-state index >= 15 is 0 Å². The van der Waals surface area contributed by atoms with Gasteiger partial charge in [0.15, 0.2) is 0 Å². The minimum absolute atomic E-state index is 0.103. The summed E-state index contributed by atoms with van der Waals surface area (Å²) in [5.41, 5.74) is -0.706. The zero-order valence-corrected chi connectivity index (χ0v) is 11.2. The molecule has 0 spiro atoms. The van der Waals surface area contributed by atoms with Gasteiger partial charge in [0.05, 0.1) is 11.6 Å². The van der Waals surface area contributed by atoms with Gasteiger partial charge in [0, 0.05) is 6.20 Å². The molecule has 1 aromatic heterocycles. The molecular formula is C15H14F2N2O2. The van der Waals surface area contributed by atoms with Crippen molar-refractivity contribution >= 4 is 5.97 Å². The van der Waals surface area contributed by atoms with Crippen molar-refractivity contribution in [3.8, 4) is 11.3 Å². The number of carboxylic acids is 1. The summed E-state index contributed by atoms with van der Waals surface area (Å²) in [6, 6.07) is 3.53. The molecule has 1 saturated carbocycles. The molecule has 0 bridgehead atoms. The molecule has 1 fully saturated rings. The third-order valence-electron chi connectivity index (χ3n) is 3.86. The van der Waals surface area contributed by atoms with Gasteiger partial charge in [-0.2, -0.15) is 5.10 Å². The zero-order valence-electron chi connectivity index (χ0n) is 11.2. The van der Waals surface area contributed by atoms with Gasteiger partial charge in [0.25, 0.3) is 0 Å². The Hall–Kier alpha value is -2.24. The molecule has 4 nitrogen and oxygen atoms in total. The summed E-state index contributed by atoms with van der Waals surface area (Å²) >= 11 is 0. The third-order valence-corrected chi connectivity index (χ3v) is 3.86. The molecule has 2 aromatic rings. The Morgan fingerprint density at radius 2 is 1.86 bits per heavy atom. The van der Waals surface area contributed by atoms with Crippen molar-refractivity contribution in [2.75, 3.05) is 0 Å². The van der Waals surface area contributed by atoms with Crippen molar-refractivity contribution in [1.29, 1.82) is 0 Å². The summed E-state index contributed by atoms with van der Waals surface area (Å²) in [5.74, 6) is -2.86. The van der Waals surface area contributed by atoms with Gasteiger partial charge >= 0.3 is 5.97 Å². The van der Waals surface area contributed by atoms with E-state index in [-0.39, 0.29) is 22.9 Å². The summed E-state index contributed by atoms with van der Waals surface area (Å²) in [6.45, 7) is 0. The Morgan fingerprint density at radius 3 is 2.43 bits per heavy atom. The Bertz CT molecular complexity index is 671. The quantitative estimate of drug-likeness (QED) is 0.939. The fourth-order valence-electron chi connectivity index (χ4n) is 2.81. The summed E-state index contributed by atoms with van der Waals surface area (Å²) < 4.78 is 29.3. The third kappa shape index (κ3) is 2.41. The molecule has 0 amide bonds. The summed E-state index contributed by atoms with van der Waals surface area (Å²) in [6.07, 6.45) is 5.28. The van der Waals surface area contributed by atoms with Crippen molar-refractivity contribution in [3.63, 3.8) is 0 Å². The Morgan fingerprint density at radius 1 is 1.24 bits per heavy atom. The number of benzene rings is 1. The van der Waals surface area contributed by atoms with Crippen LogP contribution in [0.4, 0.5) is 8.78 Å². The fourth-order valence-corrected chi connectivity index (χ4v) is 2.81. The first-order valence-electron chi connectivity index (χ1n) is 6.84. The number of nitrogens with zero attached hydrogens (tertiary/aromatic N) is 2. The highest BCUT2D eigenvalue weighted by atomic mass is 19.1. The molecule has 1 heterocycles. The van der Waals surface area contributed by atoms with Crippen LogP contribution in [0.25, 0.3) is 11.3 Å².